The minimum Gasteiger partial charge on any atom is -0.494 e. The summed E-state index contributed by atoms with van der Waals surface area (Å²) in [5.74, 6) is 7.65. The molecule has 9 nitrogen and oxygen atoms in total. The van der Waals surface area contributed by atoms with Gasteiger partial charge in [-0.1, -0.05) is 6.07 Å². The number of rotatable bonds is 8. The van der Waals surface area contributed by atoms with E-state index in [-0.39, 0.29) is 13.2 Å². The van der Waals surface area contributed by atoms with Crippen molar-refractivity contribution in [3.8, 4) is 5.75 Å². The Morgan fingerprint density at radius 3 is 2.79 bits per heavy atom. The number of hydrogen-bond donors (Lipinski definition) is 4. The molecule has 0 amide bonds. The van der Waals surface area contributed by atoms with Crippen molar-refractivity contribution in [3.05, 3.63) is 29.3 Å². The second-order valence-corrected chi connectivity index (χ2v) is 7.83. The van der Waals surface area contributed by atoms with Crippen molar-refractivity contribution in [2.24, 2.45) is 22.6 Å². The normalized spacial score (nSPS) is 18.6. The van der Waals surface area contributed by atoms with Gasteiger partial charge in [-0.2, -0.15) is 5.06 Å². The summed E-state index contributed by atoms with van der Waals surface area (Å²) in [4.78, 5) is 2.05. The summed E-state index contributed by atoms with van der Waals surface area (Å²) in [6.45, 7) is 3.95. The number of piperidine rings is 1. The first-order valence-electron chi connectivity index (χ1n) is 10.5. The number of aliphatic hydroxyl groups excluding tert-OH is 1. The number of likely N-dealkylation sites (tertiary alicyclic amines) is 1. The van der Waals surface area contributed by atoms with Crippen molar-refractivity contribution < 1.29 is 15.1 Å². The zero-order chi connectivity index (χ0) is 20.6. The monoisotopic (exact) mass is 406 g/mol. The lowest BCUT2D eigenvalue weighted by Crippen LogP contribution is -2.45. The van der Waals surface area contributed by atoms with E-state index in [4.69, 9.17) is 21.4 Å². The van der Waals surface area contributed by atoms with Crippen LogP contribution in [0.15, 0.2) is 23.3 Å². The highest BCUT2D eigenvalue weighted by Crippen LogP contribution is 2.24. The van der Waals surface area contributed by atoms with E-state index in [1.165, 1.54) is 21.3 Å². The van der Waals surface area contributed by atoms with Crippen molar-refractivity contribution >= 4 is 5.96 Å². The lowest BCUT2D eigenvalue weighted by atomic mass is 9.92. The Hall–Kier alpha value is -2.07. The molecule has 0 bridgehead atoms. The van der Waals surface area contributed by atoms with Crippen LogP contribution in [-0.2, 0) is 13.0 Å². The number of fused-ring (bicyclic) bond motifs is 1. The number of hydroxylamine groups is 2. The van der Waals surface area contributed by atoms with E-state index in [1.54, 1.807) is 0 Å². The van der Waals surface area contributed by atoms with Gasteiger partial charge in [0.25, 0.3) is 0 Å². The quantitative estimate of drug-likeness (QED) is 0.164. The summed E-state index contributed by atoms with van der Waals surface area (Å²) in [7, 11) is 0. The maximum atomic E-state index is 9.60. The van der Waals surface area contributed by atoms with Crippen LogP contribution in [0.4, 0.5) is 0 Å². The third kappa shape index (κ3) is 6.46. The smallest absolute Gasteiger partial charge is 0.215 e. The lowest BCUT2D eigenvalue weighted by molar-refractivity contribution is -0.103. The highest BCUT2D eigenvalue weighted by atomic mass is 16.5. The molecule has 1 saturated heterocycles. The van der Waals surface area contributed by atoms with Crippen LogP contribution in [0.25, 0.3) is 0 Å². The fourth-order valence-electron chi connectivity index (χ4n) is 3.96. The Bertz CT molecular complexity index is 678. The molecule has 6 N–H and O–H groups in total. The molecular formula is C20H34N6O3. The fourth-order valence-corrected chi connectivity index (χ4v) is 3.96. The van der Waals surface area contributed by atoms with Crippen LogP contribution in [0.1, 0.15) is 36.8 Å². The fraction of sp³-hybridized carbons (Fsp3) is 0.650. The van der Waals surface area contributed by atoms with E-state index < -0.39 is 0 Å². The largest absolute Gasteiger partial charge is 0.494 e. The highest BCUT2D eigenvalue weighted by Gasteiger charge is 2.21. The number of nitrogens with two attached hydrogens (primary N) is 2. The molecule has 3 rings (SSSR count). The van der Waals surface area contributed by atoms with E-state index in [0.29, 0.717) is 25.0 Å². The second kappa shape index (κ2) is 10.6. The maximum absolute atomic E-state index is 9.60. The Labute approximate surface area is 172 Å². The number of hydrogen-bond acceptors (Lipinski definition) is 7. The van der Waals surface area contributed by atoms with Crippen molar-refractivity contribution in [2.75, 3.05) is 39.4 Å². The van der Waals surface area contributed by atoms with E-state index in [2.05, 4.69) is 17.2 Å². The summed E-state index contributed by atoms with van der Waals surface area (Å²) < 4.78 is 5.95. The third-order valence-electron chi connectivity index (χ3n) is 5.69. The van der Waals surface area contributed by atoms with E-state index in [0.717, 1.165) is 57.6 Å². The number of guanidine groups is 1. The average molecular weight is 407 g/mol. The molecule has 2 heterocycles. The van der Waals surface area contributed by atoms with Crippen LogP contribution < -0.4 is 16.3 Å². The number of nitrogens with zero attached hydrogens (tertiary/aromatic N) is 4. The first-order valence-corrected chi connectivity index (χ1v) is 10.5. The van der Waals surface area contributed by atoms with Crippen molar-refractivity contribution in [3.63, 3.8) is 0 Å². The van der Waals surface area contributed by atoms with Crippen LogP contribution >= 0.6 is 0 Å². The summed E-state index contributed by atoms with van der Waals surface area (Å²) in [5, 5.41) is 25.1. The van der Waals surface area contributed by atoms with E-state index in [9.17, 15) is 5.21 Å². The summed E-state index contributed by atoms with van der Waals surface area (Å²) in [5.41, 5.74) is 8.45. The van der Waals surface area contributed by atoms with Gasteiger partial charge in [-0.15, -0.1) is 5.10 Å². The molecule has 0 spiro atoms. The second-order valence-electron chi connectivity index (χ2n) is 7.83. The van der Waals surface area contributed by atoms with Crippen molar-refractivity contribution in [2.45, 2.75) is 38.6 Å². The molecule has 0 aliphatic carbocycles. The van der Waals surface area contributed by atoms with Gasteiger partial charge in [0.2, 0.25) is 5.96 Å². The number of hydrazine groups is 1. The zero-order valence-corrected chi connectivity index (χ0v) is 17.0. The molecule has 0 saturated carbocycles. The highest BCUT2D eigenvalue weighted by molar-refractivity contribution is 5.77. The average Bonchev–Trinajstić information content (AvgIpc) is 2.71. The maximum Gasteiger partial charge on any atom is 0.215 e. The van der Waals surface area contributed by atoms with Crippen LogP contribution in [0, 0.1) is 5.92 Å². The number of ether oxygens (including phenoxy) is 1. The number of aliphatic hydroxyl groups is 1. The molecule has 1 aromatic carbocycles. The predicted molar refractivity (Wildman–Crippen MR) is 111 cm³/mol. The van der Waals surface area contributed by atoms with Crippen LogP contribution in [0.3, 0.4) is 0 Å². The van der Waals surface area contributed by atoms with Gasteiger partial charge in [0.05, 0.1) is 19.8 Å². The molecule has 29 heavy (non-hydrogen) atoms. The first kappa shape index (κ1) is 21.6. The molecule has 0 atom stereocenters. The Morgan fingerprint density at radius 1 is 1.24 bits per heavy atom. The number of benzene rings is 1. The molecule has 2 aliphatic rings. The summed E-state index contributed by atoms with van der Waals surface area (Å²) in [6.07, 6.45) is 5.19. The lowest BCUT2D eigenvalue weighted by Gasteiger charge is -2.33. The molecule has 162 valence electrons. The van der Waals surface area contributed by atoms with Gasteiger partial charge in [0.15, 0.2) is 0 Å². The number of hydrazone groups is 1. The van der Waals surface area contributed by atoms with Crippen LogP contribution in [0.5, 0.6) is 5.75 Å². The van der Waals surface area contributed by atoms with Crippen molar-refractivity contribution in [1.82, 2.24) is 15.1 Å². The van der Waals surface area contributed by atoms with Gasteiger partial charge in [-0.3, -0.25) is 0 Å². The van der Waals surface area contributed by atoms with Crippen molar-refractivity contribution in [1.29, 1.82) is 0 Å². The Kier molecular flexibility index (Phi) is 7.93. The Balaban J connectivity index is 1.34. The van der Waals surface area contributed by atoms with E-state index >= 15 is 0 Å². The zero-order valence-electron chi connectivity index (χ0n) is 17.0. The standard InChI is InChI=1S/C20H34N6O3/c21-20(23-26(22)11-12-27)24-8-5-16(6-9-24)2-1-13-29-19-4-3-18-15-25(28)10-7-17(18)14-19/h3-4,14,16,27-28H,1-2,5-13,15,22H2,(H2,21,23). The molecule has 1 aromatic rings. The van der Waals surface area contributed by atoms with Gasteiger partial charge < -0.3 is 25.7 Å². The molecule has 1 fully saturated rings. The SMILES string of the molecule is N/C(=N\N(N)CCO)N1CCC(CCCOc2ccc3c(c2)CCN(O)C3)CC1. The minimum atomic E-state index is -0.0514. The van der Waals surface area contributed by atoms with Gasteiger partial charge in [0.1, 0.15) is 5.75 Å². The van der Waals surface area contributed by atoms with Gasteiger partial charge in [0, 0.05) is 26.2 Å². The van der Waals surface area contributed by atoms with E-state index in [1.807, 2.05) is 11.0 Å². The molecule has 9 heteroatoms. The molecule has 0 unspecified atom stereocenters. The third-order valence-corrected chi connectivity index (χ3v) is 5.69. The topological polar surface area (TPSA) is 124 Å². The molecule has 0 radical (unpaired) electrons. The summed E-state index contributed by atoms with van der Waals surface area (Å²) in [6, 6.07) is 6.16. The molecular weight excluding hydrogens is 372 g/mol. The minimum absolute atomic E-state index is 0.0514. The first-order chi connectivity index (χ1) is 14.0. The molecule has 0 aromatic heterocycles. The van der Waals surface area contributed by atoms with Crippen LogP contribution in [0.2, 0.25) is 0 Å². The molecule has 2 aliphatic heterocycles. The van der Waals surface area contributed by atoms with Gasteiger partial charge in [-0.05, 0) is 61.3 Å². The predicted octanol–water partition coefficient (Wildman–Crippen LogP) is 0.703. The van der Waals surface area contributed by atoms with Gasteiger partial charge in [-0.25, -0.2) is 11.0 Å². The van der Waals surface area contributed by atoms with Gasteiger partial charge >= 0.3 is 0 Å². The Morgan fingerprint density at radius 2 is 2.03 bits per heavy atom. The van der Waals surface area contributed by atoms with Crippen LogP contribution in [-0.4, -0.2) is 70.7 Å². The summed E-state index contributed by atoms with van der Waals surface area (Å²) >= 11 is 0.